The van der Waals surface area contributed by atoms with Crippen LogP contribution in [0.1, 0.15) is 11.1 Å². The van der Waals surface area contributed by atoms with Gasteiger partial charge in [-0.25, -0.2) is 4.99 Å². The maximum atomic E-state index is 10.1. The summed E-state index contributed by atoms with van der Waals surface area (Å²) in [4.78, 5) is 4.54. The van der Waals surface area contributed by atoms with Crippen LogP contribution in [0.15, 0.2) is 80.6 Å². The largest absolute Gasteiger partial charge is 0.497 e. The molecule has 3 aromatic carbocycles. The summed E-state index contributed by atoms with van der Waals surface area (Å²) in [5, 5.41) is 10.1. The van der Waals surface area contributed by atoms with Crippen molar-refractivity contribution in [2.24, 2.45) is 4.99 Å². The fourth-order valence-electron chi connectivity index (χ4n) is 3.59. The summed E-state index contributed by atoms with van der Waals surface area (Å²) in [5.41, 5.74) is 3.19. The van der Waals surface area contributed by atoms with Gasteiger partial charge in [0, 0.05) is 27.4 Å². The number of methoxy groups -OCH3 is 2. The Bertz CT molecular complexity index is 1470. The minimum atomic E-state index is 0.121. The van der Waals surface area contributed by atoms with Crippen molar-refractivity contribution in [1.82, 2.24) is 0 Å². The van der Waals surface area contributed by atoms with Gasteiger partial charge in [0.15, 0.2) is 0 Å². The van der Waals surface area contributed by atoms with Crippen molar-refractivity contribution in [3.63, 3.8) is 0 Å². The van der Waals surface area contributed by atoms with E-state index in [0.717, 1.165) is 15.6 Å². The van der Waals surface area contributed by atoms with Gasteiger partial charge >= 0.3 is 0 Å². The number of rotatable bonds is 8. The molecule has 0 saturated heterocycles. The van der Waals surface area contributed by atoms with E-state index in [1.54, 1.807) is 26.5 Å². The molecule has 0 amide bonds. The molecule has 36 heavy (non-hydrogen) atoms. The van der Waals surface area contributed by atoms with Gasteiger partial charge in [0.25, 0.3) is 0 Å². The minimum absolute atomic E-state index is 0.121. The predicted octanol–water partition coefficient (Wildman–Crippen LogP) is 7.03. The monoisotopic (exact) mass is 540 g/mol. The number of aliphatic imine (C=N–C) groups is 1. The molecule has 7 heteroatoms. The Hall–Kier alpha value is -4.46. The summed E-state index contributed by atoms with van der Waals surface area (Å²) < 4.78 is 23.2. The highest BCUT2D eigenvalue weighted by Gasteiger charge is 2.23. The standard InChI is InChI=1S/C29H21BrN2O4/c1-4-15-35-26-14-9-22(30)16-21(26)18-32-29-25(17-31)27(19-5-10-23(33-2)11-6-19)28(36-29)20-7-12-24(34-3)13-8-20/h1,5-14,16,18H,15H2,2-3H3. The van der Waals surface area contributed by atoms with Crippen molar-refractivity contribution in [3.8, 4) is 58.1 Å². The average Bonchev–Trinajstić information content (AvgIpc) is 3.29. The molecule has 1 aromatic heterocycles. The van der Waals surface area contributed by atoms with Crippen molar-refractivity contribution in [2.45, 2.75) is 0 Å². The van der Waals surface area contributed by atoms with Gasteiger partial charge < -0.3 is 18.6 Å². The van der Waals surface area contributed by atoms with Crippen LogP contribution in [-0.4, -0.2) is 27.0 Å². The van der Waals surface area contributed by atoms with Gasteiger partial charge in [-0.15, -0.1) is 6.42 Å². The van der Waals surface area contributed by atoms with Crippen LogP contribution in [0, 0.1) is 23.7 Å². The molecule has 178 valence electrons. The molecule has 0 radical (unpaired) electrons. The summed E-state index contributed by atoms with van der Waals surface area (Å²) in [7, 11) is 3.21. The Labute approximate surface area is 217 Å². The average molecular weight is 541 g/mol. The normalized spacial score (nSPS) is 10.6. The van der Waals surface area contributed by atoms with Crippen molar-refractivity contribution in [2.75, 3.05) is 20.8 Å². The van der Waals surface area contributed by atoms with Crippen LogP contribution in [0.3, 0.4) is 0 Å². The molecular weight excluding hydrogens is 520 g/mol. The van der Waals surface area contributed by atoms with Crippen LogP contribution < -0.4 is 14.2 Å². The number of terminal acetylenes is 1. The highest BCUT2D eigenvalue weighted by atomic mass is 79.9. The van der Waals surface area contributed by atoms with E-state index in [0.29, 0.717) is 39.7 Å². The van der Waals surface area contributed by atoms with Crippen molar-refractivity contribution in [3.05, 3.63) is 82.3 Å². The molecule has 4 rings (SSSR count). The second kappa shape index (κ2) is 11.3. The Balaban J connectivity index is 1.85. The highest BCUT2D eigenvalue weighted by Crippen LogP contribution is 2.43. The molecule has 6 nitrogen and oxygen atoms in total. The van der Waals surface area contributed by atoms with E-state index in [1.165, 1.54) is 0 Å². The van der Waals surface area contributed by atoms with Gasteiger partial charge in [-0.1, -0.05) is 34.0 Å². The molecule has 0 aliphatic heterocycles. The summed E-state index contributed by atoms with van der Waals surface area (Å²) in [6.45, 7) is 0.121. The zero-order chi connectivity index (χ0) is 25.5. The minimum Gasteiger partial charge on any atom is -0.497 e. The van der Waals surface area contributed by atoms with E-state index < -0.39 is 0 Å². The van der Waals surface area contributed by atoms with Gasteiger partial charge in [0.2, 0.25) is 5.88 Å². The summed E-state index contributed by atoms with van der Waals surface area (Å²) in [6, 6.07) is 22.6. The third-order valence-electron chi connectivity index (χ3n) is 5.34. The first-order chi connectivity index (χ1) is 17.6. The van der Waals surface area contributed by atoms with E-state index in [9.17, 15) is 5.26 Å². The summed E-state index contributed by atoms with van der Waals surface area (Å²) >= 11 is 3.47. The van der Waals surface area contributed by atoms with E-state index in [4.69, 9.17) is 25.1 Å². The number of ether oxygens (including phenoxy) is 3. The molecule has 0 saturated carbocycles. The second-order valence-corrected chi connectivity index (χ2v) is 8.40. The number of hydrogen-bond donors (Lipinski definition) is 0. The first kappa shape index (κ1) is 24.7. The molecule has 0 N–H and O–H groups in total. The van der Waals surface area contributed by atoms with Crippen LogP contribution in [0.4, 0.5) is 5.88 Å². The Kier molecular flexibility index (Phi) is 7.75. The summed E-state index contributed by atoms with van der Waals surface area (Å²) in [6.07, 6.45) is 6.93. The lowest BCUT2D eigenvalue weighted by molar-refractivity contribution is 0.370. The molecule has 0 spiro atoms. The van der Waals surface area contributed by atoms with Crippen LogP contribution in [0.25, 0.3) is 22.5 Å². The van der Waals surface area contributed by atoms with Crippen LogP contribution in [0.5, 0.6) is 17.2 Å². The lowest BCUT2D eigenvalue weighted by Crippen LogP contribution is -1.97. The van der Waals surface area contributed by atoms with Crippen LogP contribution >= 0.6 is 15.9 Å². The number of halogens is 1. The maximum Gasteiger partial charge on any atom is 0.238 e. The van der Waals surface area contributed by atoms with Gasteiger partial charge in [0.1, 0.15) is 41.2 Å². The Morgan fingerprint density at radius 1 is 0.972 bits per heavy atom. The highest BCUT2D eigenvalue weighted by molar-refractivity contribution is 9.10. The summed E-state index contributed by atoms with van der Waals surface area (Å²) in [5.74, 6) is 5.14. The van der Waals surface area contributed by atoms with Crippen molar-refractivity contribution < 1.29 is 18.6 Å². The molecular formula is C29H21BrN2O4. The van der Waals surface area contributed by atoms with Gasteiger partial charge in [-0.2, -0.15) is 5.26 Å². The smallest absolute Gasteiger partial charge is 0.238 e. The molecule has 0 bridgehead atoms. The van der Waals surface area contributed by atoms with Gasteiger partial charge in [0.05, 0.1) is 14.2 Å². The number of furan rings is 1. The van der Waals surface area contributed by atoms with Crippen LogP contribution in [-0.2, 0) is 0 Å². The number of hydrogen-bond acceptors (Lipinski definition) is 6. The molecule has 0 unspecified atom stereocenters. The second-order valence-electron chi connectivity index (χ2n) is 7.49. The molecule has 0 atom stereocenters. The molecule has 0 aliphatic rings. The lowest BCUT2D eigenvalue weighted by atomic mass is 9.98. The fraction of sp³-hybridized carbons (Fsp3) is 0.103. The molecule has 0 aliphatic carbocycles. The lowest BCUT2D eigenvalue weighted by Gasteiger charge is -2.06. The number of nitrogens with zero attached hydrogens (tertiary/aromatic N) is 2. The van der Waals surface area contributed by atoms with E-state index in [-0.39, 0.29) is 12.5 Å². The van der Waals surface area contributed by atoms with Crippen LogP contribution in [0.2, 0.25) is 0 Å². The third kappa shape index (κ3) is 5.27. The first-order valence-electron chi connectivity index (χ1n) is 10.8. The van der Waals surface area contributed by atoms with E-state index in [1.807, 2.05) is 60.7 Å². The SMILES string of the molecule is C#CCOc1ccc(Br)cc1C=Nc1oc(-c2ccc(OC)cc2)c(-c2ccc(OC)cc2)c1C#N. The quantitative estimate of drug-likeness (QED) is 0.177. The topological polar surface area (TPSA) is 77.0 Å². The molecule has 1 heterocycles. The van der Waals surface area contributed by atoms with Crippen molar-refractivity contribution >= 4 is 28.0 Å². The van der Waals surface area contributed by atoms with E-state index in [2.05, 4.69) is 32.9 Å². The fourth-order valence-corrected chi connectivity index (χ4v) is 3.97. The Morgan fingerprint density at radius 2 is 1.61 bits per heavy atom. The Morgan fingerprint density at radius 3 is 2.19 bits per heavy atom. The van der Waals surface area contributed by atoms with Gasteiger partial charge in [-0.3, -0.25) is 0 Å². The molecule has 0 fully saturated rings. The predicted molar refractivity (Wildman–Crippen MR) is 143 cm³/mol. The number of nitriles is 1. The third-order valence-corrected chi connectivity index (χ3v) is 5.83. The van der Waals surface area contributed by atoms with Gasteiger partial charge in [-0.05, 0) is 60.2 Å². The van der Waals surface area contributed by atoms with E-state index >= 15 is 0 Å². The zero-order valence-corrected chi connectivity index (χ0v) is 21.2. The maximum absolute atomic E-state index is 10.1. The number of benzene rings is 3. The molecule has 4 aromatic rings. The first-order valence-corrected chi connectivity index (χ1v) is 11.6. The zero-order valence-electron chi connectivity index (χ0n) is 19.6. The van der Waals surface area contributed by atoms with Crippen molar-refractivity contribution in [1.29, 1.82) is 5.26 Å².